The highest BCUT2D eigenvalue weighted by Gasteiger charge is 2.42. The number of hydrogen-bond donors (Lipinski definition) is 1. The number of nitrogens with one attached hydrogen (secondary N) is 1. The number of thioether (sulfide) groups is 1. The van der Waals surface area contributed by atoms with Crippen molar-refractivity contribution in [1.82, 2.24) is 25.0 Å². The predicted molar refractivity (Wildman–Crippen MR) is 92.7 cm³/mol. The minimum Gasteiger partial charge on any atom is -0.337 e. The number of nitrogens with zero attached hydrogens (tertiary/aromatic N) is 4. The molecule has 0 radical (unpaired) electrons. The molecule has 2 amide bonds. The Morgan fingerprint density at radius 1 is 1.43 bits per heavy atom. The summed E-state index contributed by atoms with van der Waals surface area (Å²) in [5.74, 6) is 2.24. The Labute approximate surface area is 142 Å². The quantitative estimate of drug-likeness (QED) is 0.895. The van der Waals surface area contributed by atoms with Crippen LogP contribution in [-0.2, 0) is 6.54 Å². The van der Waals surface area contributed by atoms with Crippen LogP contribution in [-0.4, -0.2) is 56.3 Å². The SMILES string of the molecule is CSC1(CNC(=O)N2CCCC(Cn3nc(C)nc3C)C2)CC1. The van der Waals surface area contributed by atoms with E-state index in [2.05, 4.69) is 21.7 Å². The molecule has 1 aliphatic carbocycles. The first-order valence-corrected chi connectivity index (χ1v) is 9.70. The van der Waals surface area contributed by atoms with Crippen molar-refractivity contribution in [1.29, 1.82) is 0 Å². The number of amides is 2. The Morgan fingerprint density at radius 3 is 2.83 bits per heavy atom. The molecule has 1 N–H and O–H groups in total. The maximum absolute atomic E-state index is 12.4. The molecule has 2 heterocycles. The van der Waals surface area contributed by atoms with Gasteiger partial charge >= 0.3 is 6.03 Å². The summed E-state index contributed by atoms with van der Waals surface area (Å²) >= 11 is 1.88. The fourth-order valence-corrected chi connectivity index (χ4v) is 4.05. The summed E-state index contributed by atoms with van der Waals surface area (Å²) in [4.78, 5) is 18.8. The van der Waals surface area contributed by atoms with Crippen molar-refractivity contribution in [3.8, 4) is 0 Å². The van der Waals surface area contributed by atoms with Crippen LogP contribution in [0.2, 0.25) is 0 Å². The second kappa shape index (κ2) is 6.71. The number of carbonyl (C=O) groups is 1. The zero-order valence-electron chi connectivity index (χ0n) is 14.3. The van der Waals surface area contributed by atoms with E-state index in [1.165, 1.54) is 12.8 Å². The molecule has 0 aromatic carbocycles. The Morgan fingerprint density at radius 2 is 2.22 bits per heavy atom. The van der Waals surface area contributed by atoms with Gasteiger partial charge in [0, 0.05) is 30.9 Å². The average molecular weight is 337 g/mol. The molecule has 7 heteroatoms. The number of likely N-dealkylation sites (tertiary alicyclic amines) is 1. The van der Waals surface area contributed by atoms with Gasteiger partial charge in [-0.05, 0) is 51.7 Å². The molecular formula is C16H27N5OS. The van der Waals surface area contributed by atoms with Crippen molar-refractivity contribution >= 4 is 17.8 Å². The number of carbonyl (C=O) groups excluding carboxylic acids is 1. The minimum atomic E-state index is 0.0986. The summed E-state index contributed by atoms with van der Waals surface area (Å²) < 4.78 is 2.30. The molecule has 1 atom stereocenters. The third kappa shape index (κ3) is 4.00. The fraction of sp³-hybridized carbons (Fsp3) is 0.812. The third-order valence-electron chi connectivity index (χ3n) is 5.00. The van der Waals surface area contributed by atoms with Crippen molar-refractivity contribution in [2.75, 3.05) is 25.9 Å². The number of hydrogen-bond acceptors (Lipinski definition) is 4. The Balaban J connectivity index is 1.51. The van der Waals surface area contributed by atoms with Crippen LogP contribution < -0.4 is 5.32 Å². The summed E-state index contributed by atoms with van der Waals surface area (Å²) in [5, 5.41) is 7.58. The van der Waals surface area contributed by atoms with Gasteiger partial charge < -0.3 is 10.2 Å². The fourth-order valence-electron chi connectivity index (χ4n) is 3.32. The highest BCUT2D eigenvalue weighted by Crippen LogP contribution is 2.46. The maximum atomic E-state index is 12.4. The van der Waals surface area contributed by atoms with Gasteiger partial charge in [-0.15, -0.1) is 0 Å². The molecule has 1 unspecified atom stereocenters. The largest absolute Gasteiger partial charge is 0.337 e. The van der Waals surface area contributed by atoms with Crippen molar-refractivity contribution < 1.29 is 4.79 Å². The van der Waals surface area contributed by atoms with Crippen molar-refractivity contribution in [3.05, 3.63) is 11.6 Å². The lowest BCUT2D eigenvalue weighted by molar-refractivity contribution is 0.157. The zero-order valence-corrected chi connectivity index (χ0v) is 15.2. The first-order valence-electron chi connectivity index (χ1n) is 8.47. The number of rotatable bonds is 5. The topological polar surface area (TPSA) is 63.1 Å². The van der Waals surface area contributed by atoms with E-state index in [0.717, 1.165) is 50.7 Å². The van der Waals surface area contributed by atoms with Crippen molar-refractivity contribution in [2.24, 2.45) is 5.92 Å². The molecule has 6 nitrogen and oxygen atoms in total. The predicted octanol–water partition coefficient (Wildman–Crippen LogP) is 2.21. The van der Waals surface area contributed by atoms with Crippen LogP contribution in [0.15, 0.2) is 0 Å². The molecule has 128 valence electrons. The van der Waals surface area contributed by atoms with Gasteiger partial charge in [0.05, 0.1) is 0 Å². The Bertz CT molecular complexity index is 569. The second-order valence-corrected chi connectivity index (χ2v) is 8.16. The molecule has 3 rings (SSSR count). The van der Waals surface area contributed by atoms with E-state index in [-0.39, 0.29) is 6.03 Å². The maximum Gasteiger partial charge on any atom is 0.317 e. The molecule has 1 saturated carbocycles. The highest BCUT2D eigenvalue weighted by molar-refractivity contribution is 8.00. The van der Waals surface area contributed by atoms with E-state index in [9.17, 15) is 4.79 Å². The highest BCUT2D eigenvalue weighted by atomic mass is 32.2. The van der Waals surface area contributed by atoms with E-state index in [0.29, 0.717) is 10.7 Å². The lowest BCUT2D eigenvalue weighted by Gasteiger charge is -2.33. The first-order chi connectivity index (χ1) is 11.0. The number of urea groups is 1. The monoisotopic (exact) mass is 337 g/mol. The van der Waals surface area contributed by atoms with Crippen LogP contribution >= 0.6 is 11.8 Å². The van der Waals surface area contributed by atoms with Crippen molar-refractivity contribution in [2.45, 2.75) is 50.8 Å². The van der Waals surface area contributed by atoms with Crippen molar-refractivity contribution in [3.63, 3.8) is 0 Å². The average Bonchev–Trinajstić information content (AvgIpc) is 3.26. The molecule has 0 spiro atoms. The van der Waals surface area contributed by atoms with Gasteiger partial charge in [-0.25, -0.2) is 14.5 Å². The van der Waals surface area contributed by atoms with Gasteiger partial charge in [0.1, 0.15) is 11.6 Å². The van der Waals surface area contributed by atoms with Gasteiger partial charge in [0.2, 0.25) is 0 Å². The molecule has 23 heavy (non-hydrogen) atoms. The van der Waals surface area contributed by atoms with E-state index >= 15 is 0 Å². The van der Waals surface area contributed by atoms with E-state index in [4.69, 9.17) is 0 Å². The zero-order chi connectivity index (χ0) is 16.4. The standard InChI is InChI=1S/C16H27N5OS/c1-12-18-13(2)21(19-12)10-14-5-4-8-20(9-14)15(22)17-11-16(23-3)6-7-16/h14H,4-11H2,1-3H3,(H,17,22). The van der Waals surface area contributed by atoms with Gasteiger partial charge in [0.25, 0.3) is 0 Å². The van der Waals surface area contributed by atoms with E-state index in [1.54, 1.807) is 0 Å². The molecule has 2 fully saturated rings. The summed E-state index contributed by atoms with van der Waals surface area (Å²) in [6.45, 7) is 7.25. The molecule has 1 aromatic heterocycles. The molecule has 2 aliphatic rings. The smallest absolute Gasteiger partial charge is 0.317 e. The molecular weight excluding hydrogens is 310 g/mol. The van der Waals surface area contributed by atoms with Crippen LogP contribution in [0, 0.1) is 19.8 Å². The number of aryl methyl sites for hydroxylation is 2. The summed E-state index contributed by atoms with van der Waals surface area (Å²) in [7, 11) is 0. The Kier molecular flexibility index (Phi) is 4.85. The summed E-state index contributed by atoms with van der Waals surface area (Å²) in [6, 6.07) is 0.0986. The van der Waals surface area contributed by atoms with Crippen LogP contribution in [0.1, 0.15) is 37.3 Å². The van der Waals surface area contributed by atoms with Gasteiger partial charge in [-0.1, -0.05) is 0 Å². The number of aromatic nitrogens is 3. The Hall–Kier alpha value is -1.24. The normalized spacial score (nSPS) is 22.9. The van der Waals surface area contributed by atoms with Crippen LogP contribution in [0.25, 0.3) is 0 Å². The first kappa shape index (κ1) is 16.6. The van der Waals surface area contributed by atoms with Crippen LogP contribution in [0.4, 0.5) is 4.79 Å². The molecule has 1 saturated heterocycles. The van der Waals surface area contributed by atoms with Crippen LogP contribution in [0.3, 0.4) is 0 Å². The lowest BCUT2D eigenvalue weighted by Crippen LogP contribution is -2.47. The third-order valence-corrected chi connectivity index (χ3v) is 6.42. The van der Waals surface area contributed by atoms with E-state index < -0.39 is 0 Å². The second-order valence-electron chi connectivity index (χ2n) is 6.89. The minimum absolute atomic E-state index is 0.0986. The van der Waals surface area contributed by atoms with Crippen LogP contribution in [0.5, 0.6) is 0 Å². The lowest BCUT2D eigenvalue weighted by atomic mass is 9.98. The van der Waals surface area contributed by atoms with E-state index in [1.807, 2.05) is 35.2 Å². The number of piperidine rings is 1. The molecule has 0 bridgehead atoms. The van der Waals surface area contributed by atoms with Gasteiger partial charge in [0.15, 0.2) is 0 Å². The van der Waals surface area contributed by atoms with Gasteiger partial charge in [-0.3, -0.25) is 0 Å². The summed E-state index contributed by atoms with van der Waals surface area (Å²) in [6.07, 6.45) is 6.80. The molecule has 1 aromatic rings. The molecule has 1 aliphatic heterocycles. The van der Waals surface area contributed by atoms with Gasteiger partial charge in [-0.2, -0.15) is 16.9 Å². The summed E-state index contributed by atoms with van der Waals surface area (Å²) in [5.41, 5.74) is 0.